The summed E-state index contributed by atoms with van der Waals surface area (Å²) in [6, 6.07) is 2.35. The Morgan fingerprint density at radius 1 is 1.33 bits per heavy atom. The molecule has 0 atom stereocenters. The van der Waals surface area contributed by atoms with E-state index in [0.717, 1.165) is 32.0 Å². The number of rotatable bonds is 5. The fraction of sp³-hybridized carbons (Fsp3) is 0.571. The number of nitrogens with two attached hydrogens (primary N) is 1. The summed E-state index contributed by atoms with van der Waals surface area (Å²) in [6.45, 7) is 4.63. The highest BCUT2D eigenvalue weighted by atomic mass is 32.2. The number of likely N-dealkylation sites (tertiary alicyclic amines) is 1. The van der Waals surface area contributed by atoms with Crippen LogP contribution in [0.5, 0.6) is 0 Å². The summed E-state index contributed by atoms with van der Waals surface area (Å²) >= 11 is 0. The summed E-state index contributed by atoms with van der Waals surface area (Å²) in [5.74, 6) is -0.596. The first kappa shape index (κ1) is 16.2. The summed E-state index contributed by atoms with van der Waals surface area (Å²) in [5.41, 5.74) is 6.09. The number of sulfonamides is 1. The molecular formula is C14H22FN3O2S. The second-order valence-electron chi connectivity index (χ2n) is 5.49. The van der Waals surface area contributed by atoms with Crippen molar-refractivity contribution in [1.82, 2.24) is 9.21 Å². The molecule has 0 radical (unpaired) electrons. The maximum absolute atomic E-state index is 13.7. The number of halogens is 1. The van der Waals surface area contributed by atoms with Gasteiger partial charge in [-0.1, -0.05) is 0 Å². The molecule has 1 saturated heterocycles. The summed E-state index contributed by atoms with van der Waals surface area (Å²) in [6.07, 6.45) is 2.33. The smallest absolute Gasteiger partial charge is 0.243 e. The van der Waals surface area contributed by atoms with Crippen LogP contribution in [0.25, 0.3) is 0 Å². The molecule has 1 heterocycles. The third-order valence-electron chi connectivity index (χ3n) is 4.00. The van der Waals surface area contributed by atoms with Crippen molar-refractivity contribution < 1.29 is 12.8 Å². The topological polar surface area (TPSA) is 66.6 Å². The van der Waals surface area contributed by atoms with E-state index in [0.29, 0.717) is 13.1 Å². The zero-order chi connectivity index (χ0) is 15.6. The van der Waals surface area contributed by atoms with Gasteiger partial charge in [0.05, 0.1) is 4.90 Å². The molecular weight excluding hydrogens is 293 g/mol. The average Bonchev–Trinajstić information content (AvgIpc) is 2.94. The van der Waals surface area contributed by atoms with Crippen molar-refractivity contribution in [3.8, 4) is 0 Å². The van der Waals surface area contributed by atoms with E-state index in [-0.39, 0.29) is 16.1 Å². The van der Waals surface area contributed by atoms with E-state index in [1.54, 1.807) is 0 Å². The summed E-state index contributed by atoms with van der Waals surface area (Å²) < 4.78 is 39.8. The lowest BCUT2D eigenvalue weighted by atomic mass is 10.2. The molecule has 0 spiro atoms. The quantitative estimate of drug-likeness (QED) is 0.835. The summed E-state index contributed by atoms with van der Waals surface area (Å²) in [7, 11) is -2.19. The maximum Gasteiger partial charge on any atom is 0.243 e. The third-order valence-corrected chi connectivity index (χ3v) is 5.83. The number of hydrogen-bond acceptors (Lipinski definition) is 4. The zero-order valence-electron chi connectivity index (χ0n) is 12.5. The highest BCUT2D eigenvalue weighted by Crippen LogP contribution is 2.23. The molecule has 0 aliphatic carbocycles. The number of likely N-dealkylation sites (N-methyl/N-ethyl adjacent to an activating group) is 1. The van der Waals surface area contributed by atoms with Gasteiger partial charge in [-0.25, -0.2) is 12.8 Å². The number of anilines is 1. The lowest BCUT2D eigenvalue weighted by Gasteiger charge is -2.21. The molecule has 1 aliphatic rings. The highest BCUT2D eigenvalue weighted by molar-refractivity contribution is 7.89. The first-order valence-electron chi connectivity index (χ1n) is 7.06. The standard InChI is InChI=1S/C14H22FN3O2S/c1-11-13(15)9-12(10-14(11)16)21(19,20)17(2)7-8-18-5-3-4-6-18/h9-10H,3-8,16H2,1-2H3. The molecule has 0 bridgehead atoms. The molecule has 0 unspecified atom stereocenters. The molecule has 2 N–H and O–H groups in total. The van der Waals surface area contributed by atoms with E-state index in [9.17, 15) is 12.8 Å². The van der Waals surface area contributed by atoms with Gasteiger partial charge >= 0.3 is 0 Å². The van der Waals surface area contributed by atoms with E-state index in [1.165, 1.54) is 24.3 Å². The Morgan fingerprint density at radius 3 is 2.52 bits per heavy atom. The van der Waals surface area contributed by atoms with E-state index in [4.69, 9.17) is 5.73 Å². The predicted octanol–water partition coefficient (Wildman–Crippen LogP) is 1.43. The van der Waals surface area contributed by atoms with Crippen LogP contribution in [-0.4, -0.2) is 50.8 Å². The Morgan fingerprint density at radius 2 is 1.95 bits per heavy atom. The van der Waals surface area contributed by atoms with Crippen LogP contribution in [0, 0.1) is 12.7 Å². The number of nitrogens with zero attached hydrogens (tertiary/aromatic N) is 2. The second kappa shape index (κ2) is 6.29. The molecule has 1 aromatic rings. The Balaban J connectivity index is 2.12. The average molecular weight is 315 g/mol. The first-order chi connectivity index (χ1) is 9.82. The minimum atomic E-state index is -3.71. The van der Waals surface area contributed by atoms with Crippen molar-refractivity contribution in [2.24, 2.45) is 0 Å². The summed E-state index contributed by atoms with van der Waals surface area (Å²) in [5, 5.41) is 0. The zero-order valence-corrected chi connectivity index (χ0v) is 13.3. The normalized spacial score (nSPS) is 16.8. The van der Waals surface area contributed by atoms with Gasteiger partial charge in [-0.2, -0.15) is 4.31 Å². The van der Waals surface area contributed by atoms with Crippen LogP contribution >= 0.6 is 0 Å². The van der Waals surface area contributed by atoms with E-state index < -0.39 is 15.8 Å². The van der Waals surface area contributed by atoms with Gasteiger partial charge < -0.3 is 10.6 Å². The van der Waals surface area contributed by atoms with Crippen LogP contribution in [0.15, 0.2) is 17.0 Å². The molecule has 1 aliphatic heterocycles. The molecule has 0 amide bonds. The first-order valence-corrected chi connectivity index (χ1v) is 8.50. The van der Waals surface area contributed by atoms with Crippen molar-refractivity contribution in [1.29, 1.82) is 0 Å². The van der Waals surface area contributed by atoms with Crippen molar-refractivity contribution in [2.45, 2.75) is 24.7 Å². The lowest BCUT2D eigenvalue weighted by molar-refractivity contribution is 0.310. The van der Waals surface area contributed by atoms with Gasteiger partial charge in [0.1, 0.15) is 5.82 Å². The van der Waals surface area contributed by atoms with E-state index in [2.05, 4.69) is 4.90 Å². The molecule has 0 saturated carbocycles. The van der Waals surface area contributed by atoms with Crippen LogP contribution in [-0.2, 0) is 10.0 Å². The monoisotopic (exact) mass is 315 g/mol. The number of benzene rings is 1. The van der Waals surface area contributed by atoms with Crippen LogP contribution in [0.3, 0.4) is 0 Å². The molecule has 0 aromatic heterocycles. The molecule has 2 rings (SSSR count). The Labute approximate surface area is 125 Å². The minimum absolute atomic E-state index is 0.0907. The Bertz CT molecular complexity index is 590. The van der Waals surface area contributed by atoms with Gasteiger partial charge in [0.15, 0.2) is 0 Å². The van der Waals surface area contributed by atoms with E-state index in [1.807, 2.05) is 0 Å². The van der Waals surface area contributed by atoms with E-state index >= 15 is 0 Å². The van der Waals surface area contributed by atoms with Gasteiger partial charge in [0, 0.05) is 31.4 Å². The molecule has 21 heavy (non-hydrogen) atoms. The molecule has 5 nitrogen and oxygen atoms in total. The minimum Gasteiger partial charge on any atom is -0.398 e. The molecule has 1 fully saturated rings. The largest absolute Gasteiger partial charge is 0.398 e. The maximum atomic E-state index is 13.7. The van der Waals surface area contributed by atoms with Crippen molar-refractivity contribution in [3.63, 3.8) is 0 Å². The van der Waals surface area contributed by atoms with Crippen LogP contribution in [0.4, 0.5) is 10.1 Å². The summed E-state index contributed by atoms with van der Waals surface area (Å²) in [4.78, 5) is 2.14. The fourth-order valence-corrected chi connectivity index (χ4v) is 3.62. The fourth-order valence-electron chi connectivity index (χ4n) is 2.41. The van der Waals surface area contributed by atoms with Gasteiger partial charge in [0.25, 0.3) is 0 Å². The molecule has 7 heteroatoms. The van der Waals surface area contributed by atoms with Crippen molar-refractivity contribution in [2.75, 3.05) is 39.0 Å². The molecule has 118 valence electrons. The lowest BCUT2D eigenvalue weighted by Crippen LogP contribution is -2.35. The van der Waals surface area contributed by atoms with Crippen LogP contribution < -0.4 is 5.73 Å². The van der Waals surface area contributed by atoms with Crippen molar-refractivity contribution >= 4 is 15.7 Å². The van der Waals surface area contributed by atoms with Crippen LogP contribution in [0.1, 0.15) is 18.4 Å². The third kappa shape index (κ3) is 3.53. The van der Waals surface area contributed by atoms with Gasteiger partial charge in [-0.15, -0.1) is 0 Å². The Hall–Kier alpha value is -1.18. The van der Waals surface area contributed by atoms with Crippen molar-refractivity contribution in [3.05, 3.63) is 23.5 Å². The number of hydrogen-bond donors (Lipinski definition) is 1. The van der Waals surface area contributed by atoms with Gasteiger partial charge in [0.2, 0.25) is 10.0 Å². The van der Waals surface area contributed by atoms with Gasteiger partial charge in [-0.05, 0) is 45.0 Å². The SMILES string of the molecule is Cc1c(N)cc(S(=O)(=O)N(C)CCN2CCCC2)cc1F. The number of nitrogen functional groups attached to an aromatic ring is 1. The van der Waals surface area contributed by atoms with Crippen LogP contribution in [0.2, 0.25) is 0 Å². The second-order valence-corrected chi connectivity index (χ2v) is 7.54. The molecule has 1 aromatic carbocycles. The predicted molar refractivity (Wildman–Crippen MR) is 81.0 cm³/mol. The Kier molecular flexibility index (Phi) is 4.85. The highest BCUT2D eigenvalue weighted by Gasteiger charge is 2.23. The van der Waals surface area contributed by atoms with Gasteiger partial charge in [-0.3, -0.25) is 0 Å².